The van der Waals surface area contributed by atoms with E-state index in [4.69, 9.17) is 15.4 Å². The van der Waals surface area contributed by atoms with E-state index < -0.39 is 20.7 Å². The second-order valence-electron chi connectivity index (χ2n) is 5.18. The summed E-state index contributed by atoms with van der Waals surface area (Å²) >= 11 is 0. The summed E-state index contributed by atoms with van der Waals surface area (Å²) in [5, 5.41) is 0. The standard InChI is InChI=1S/C11H13ClN4O4S/c1-11(2,3)20-10(17)15-16-6-14-8-4-7(21(12,18)19)5-13-9(8)16/h4-6H,1-3H3,(H,15,17). The Hall–Kier alpha value is -1.87. The lowest BCUT2D eigenvalue weighted by molar-refractivity contribution is 0.0614. The molecular weight excluding hydrogens is 320 g/mol. The number of carbonyl (C=O) groups excluding carboxylic acids is 1. The van der Waals surface area contributed by atoms with Gasteiger partial charge in [-0.3, -0.25) is 0 Å². The van der Waals surface area contributed by atoms with Gasteiger partial charge in [0.15, 0.2) is 5.65 Å². The smallest absolute Gasteiger partial charge is 0.427 e. The minimum absolute atomic E-state index is 0.167. The van der Waals surface area contributed by atoms with E-state index in [0.717, 1.165) is 6.20 Å². The van der Waals surface area contributed by atoms with Crippen LogP contribution in [0.25, 0.3) is 11.2 Å². The van der Waals surface area contributed by atoms with Gasteiger partial charge in [-0.15, -0.1) is 0 Å². The summed E-state index contributed by atoms with van der Waals surface area (Å²) in [6.45, 7) is 5.19. The van der Waals surface area contributed by atoms with E-state index in [2.05, 4.69) is 15.4 Å². The van der Waals surface area contributed by atoms with Crippen molar-refractivity contribution in [2.24, 2.45) is 0 Å². The second kappa shape index (κ2) is 5.15. The van der Waals surface area contributed by atoms with Crippen LogP contribution in [-0.2, 0) is 13.8 Å². The Labute approximate surface area is 125 Å². The van der Waals surface area contributed by atoms with Crippen LogP contribution < -0.4 is 5.43 Å². The molecule has 8 nitrogen and oxygen atoms in total. The molecule has 0 radical (unpaired) electrons. The van der Waals surface area contributed by atoms with Crippen molar-refractivity contribution in [3.05, 3.63) is 18.6 Å². The number of hydrogen-bond acceptors (Lipinski definition) is 6. The predicted molar refractivity (Wildman–Crippen MR) is 76.2 cm³/mol. The number of nitrogens with one attached hydrogen (secondary N) is 1. The van der Waals surface area contributed by atoms with Gasteiger partial charge in [0.05, 0.1) is 0 Å². The van der Waals surface area contributed by atoms with Crippen LogP contribution in [0.5, 0.6) is 0 Å². The lowest BCUT2D eigenvalue weighted by Gasteiger charge is -2.19. The Morgan fingerprint density at radius 3 is 2.62 bits per heavy atom. The molecule has 21 heavy (non-hydrogen) atoms. The number of nitrogens with zero attached hydrogens (tertiary/aromatic N) is 3. The molecule has 0 aliphatic carbocycles. The Morgan fingerprint density at radius 2 is 2.05 bits per heavy atom. The molecule has 2 heterocycles. The lowest BCUT2D eigenvalue weighted by atomic mass is 10.2. The van der Waals surface area contributed by atoms with Crippen LogP contribution in [0.1, 0.15) is 20.8 Å². The highest BCUT2D eigenvalue weighted by molar-refractivity contribution is 8.13. The van der Waals surface area contributed by atoms with Gasteiger partial charge >= 0.3 is 6.09 Å². The molecule has 0 unspecified atom stereocenters. The SMILES string of the molecule is CC(C)(C)OC(=O)Nn1cnc2cc(S(=O)(=O)Cl)cnc21. The van der Waals surface area contributed by atoms with E-state index in [1.54, 1.807) is 20.8 Å². The molecule has 0 saturated heterocycles. The zero-order valence-corrected chi connectivity index (χ0v) is 13.1. The van der Waals surface area contributed by atoms with Crippen molar-refractivity contribution in [2.45, 2.75) is 31.3 Å². The van der Waals surface area contributed by atoms with Gasteiger partial charge in [-0.1, -0.05) is 0 Å². The summed E-state index contributed by atoms with van der Waals surface area (Å²) in [4.78, 5) is 19.4. The quantitative estimate of drug-likeness (QED) is 0.841. The van der Waals surface area contributed by atoms with Gasteiger partial charge in [-0.25, -0.2) is 33.3 Å². The van der Waals surface area contributed by atoms with E-state index in [1.807, 2.05) is 0 Å². The van der Waals surface area contributed by atoms with Gasteiger partial charge in [0.1, 0.15) is 22.3 Å². The number of amides is 1. The zero-order chi connectivity index (χ0) is 15.8. The molecule has 10 heteroatoms. The molecule has 0 saturated carbocycles. The number of ether oxygens (including phenoxy) is 1. The summed E-state index contributed by atoms with van der Waals surface area (Å²) in [5.41, 5.74) is 2.32. The molecule has 1 N–H and O–H groups in total. The molecule has 2 aromatic rings. The molecule has 0 atom stereocenters. The molecule has 0 fully saturated rings. The van der Waals surface area contributed by atoms with Gasteiger partial charge < -0.3 is 4.74 Å². The molecule has 2 aromatic heterocycles. The Bertz CT molecular complexity index is 794. The average Bonchev–Trinajstić information content (AvgIpc) is 2.68. The number of carbonyl (C=O) groups is 1. The topological polar surface area (TPSA) is 103 Å². The van der Waals surface area contributed by atoms with Gasteiger partial charge in [-0.05, 0) is 26.8 Å². The van der Waals surface area contributed by atoms with Crippen LogP contribution in [0, 0.1) is 0 Å². The molecule has 0 aromatic carbocycles. The molecule has 0 bridgehead atoms. The molecule has 0 aliphatic rings. The summed E-state index contributed by atoms with van der Waals surface area (Å²) in [7, 11) is 1.35. The van der Waals surface area contributed by atoms with Gasteiger partial charge in [0.2, 0.25) is 0 Å². The first-order valence-electron chi connectivity index (χ1n) is 5.84. The Balaban J connectivity index is 2.29. The zero-order valence-electron chi connectivity index (χ0n) is 11.5. The first-order valence-corrected chi connectivity index (χ1v) is 8.15. The number of aromatic nitrogens is 3. The first kappa shape index (κ1) is 15.5. The van der Waals surface area contributed by atoms with Gasteiger partial charge in [0.25, 0.3) is 9.05 Å². The normalized spacial score (nSPS) is 12.4. The van der Waals surface area contributed by atoms with Crippen molar-refractivity contribution in [2.75, 3.05) is 5.43 Å². The van der Waals surface area contributed by atoms with Gasteiger partial charge in [0, 0.05) is 16.9 Å². The van der Waals surface area contributed by atoms with Crippen LogP contribution in [0.2, 0.25) is 0 Å². The third-order valence-corrected chi connectivity index (χ3v) is 3.58. The maximum atomic E-state index is 11.7. The summed E-state index contributed by atoms with van der Waals surface area (Å²) in [6.07, 6.45) is 1.68. The second-order valence-corrected chi connectivity index (χ2v) is 7.75. The van der Waals surface area contributed by atoms with Crippen molar-refractivity contribution in [1.29, 1.82) is 0 Å². The average molecular weight is 333 g/mol. The monoisotopic (exact) mass is 332 g/mol. The molecule has 0 aliphatic heterocycles. The van der Waals surface area contributed by atoms with Gasteiger partial charge in [-0.2, -0.15) is 0 Å². The maximum Gasteiger partial charge on any atom is 0.427 e. The number of rotatable bonds is 2. The van der Waals surface area contributed by atoms with Crippen LogP contribution in [-0.4, -0.2) is 34.8 Å². The molecule has 2 rings (SSSR count). The van der Waals surface area contributed by atoms with E-state index in [1.165, 1.54) is 17.1 Å². The number of hydrogen-bond donors (Lipinski definition) is 1. The van der Waals surface area contributed by atoms with Crippen LogP contribution in [0.4, 0.5) is 4.79 Å². The fourth-order valence-corrected chi connectivity index (χ4v) is 2.18. The number of halogens is 1. The van der Waals surface area contributed by atoms with E-state index in [0.29, 0.717) is 0 Å². The maximum absolute atomic E-state index is 11.7. The first-order chi connectivity index (χ1) is 9.56. The van der Waals surface area contributed by atoms with E-state index in [-0.39, 0.29) is 16.1 Å². The number of pyridine rings is 1. The largest absolute Gasteiger partial charge is 0.443 e. The van der Waals surface area contributed by atoms with Crippen LogP contribution in [0.15, 0.2) is 23.5 Å². The highest BCUT2D eigenvalue weighted by Crippen LogP contribution is 2.18. The minimum Gasteiger partial charge on any atom is -0.443 e. The molecule has 0 spiro atoms. The number of imidazole rings is 1. The fraction of sp³-hybridized carbons (Fsp3) is 0.364. The summed E-state index contributed by atoms with van der Waals surface area (Å²) < 4.78 is 28.8. The summed E-state index contributed by atoms with van der Waals surface area (Å²) in [6, 6.07) is 1.26. The van der Waals surface area contributed by atoms with Crippen LogP contribution in [0.3, 0.4) is 0 Å². The fourth-order valence-electron chi connectivity index (χ4n) is 1.50. The molecular formula is C11H13ClN4O4S. The van der Waals surface area contributed by atoms with Crippen LogP contribution >= 0.6 is 10.7 Å². The highest BCUT2D eigenvalue weighted by Gasteiger charge is 2.18. The highest BCUT2D eigenvalue weighted by atomic mass is 35.7. The molecule has 114 valence electrons. The van der Waals surface area contributed by atoms with Crippen molar-refractivity contribution in [3.8, 4) is 0 Å². The van der Waals surface area contributed by atoms with E-state index in [9.17, 15) is 13.2 Å². The summed E-state index contributed by atoms with van der Waals surface area (Å²) in [5.74, 6) is 0. The third-order valence-electron chi connectivity index (χ3n) is 2.25. The van der Waals surface area contributed by atoms with E-state index >= 15 is 0 Å². The predicted octanol–water partition coefficient (Wildman–Crippen LogP) is 1.84. The third kappa shape index (κ3) is 3.82. The molecule has 1 amide bonds. The lowest BCUT2D eigenvalue weighted by Crippen LogP contribution is -2.31. The number of fused-ring (bicyclic) bond motifs is 1. The van der Waals surface area contributed by atoms with Crippen molar-refractivity contribution in [3.63, 3.8) is 0 Å². The van der Waals surface area contributed by atoms with Crippen molar-refractivity contribution in [1.82, 2.24) is 14.6 Å². The van der Waals surface area contributed by atoms with Crippen molar-refractivity contribution >= 4 is 37.0 Å². The minimum atomic E-state index is -3.88. The Kier molecular flexibility index (Phi) is 3.81. The van der Waals surface area contributed by atoms with Crippen molar-refractivity contribution < 1.29 is 17.9 Å². The Morgan fingerprint density at radius 1 is 1.38 bits per heavy atom.